The highest BCUT2D eigenvalue weighted by molar-refractivity contribution is 5.48. The zero-order chi connectivity index (χ0) is 11.3. The van der Waals surface area contributed by atoms with Gasteiger partial charge in [0.25, 0.3) is 0 Å². The third-order valence-corrected chi connectivity index (χ3v) is 2.58. The second-order valence-corrected chi connectivity index (χ2v) is 3.81. The third kappa shape index (κ3) is 3.40. The second-order valence-electron chi connectivity index (χ2n) is 3.81. The van der Waals surface area contributed by atoms with Gasteiger partial charge in [-0.15, -0.1) is 6.58 Å². The van der Waals surface area contributed by atoms with Gasteiger partial charge >= 0.3 is 0 Å². The molecule has 15 heavy (non-hydrogen) atoms. The maximum absolute atomic E-state index is 5.87. The molecule has 0 radical (unpaired) electrons. The Morgan fingerprint density at radius 2 is 2.20 bits per heavy atom. The molecule has 0 bridgehead atoms. The Hall–Kier alpha value is -1.28. The van der Waals surface area contributed by atoms with Gasteiger partial charge < -0.3 is 5.73 Å². The maximum atomic E-state index is 5.87. The zero-order valence-corrected chi connectivity index (χ0v) is 9.66. The topological polar surface area (TPSA) is 29.3 Å². The molecule has 0 saturated carbocycles. The van der Waals surface area contributed by atoms with Crippen LogP contribution in [0.25, 0.3) is 0 Å². The Labute approximate surface area is 92.4 Å². The van der Waals surface area contributed by atoms with Crippen LogP contribution in [-0.4, -0.2) is 18.0 Å². The van der Waals surface area contributed by atoms with E-state index in [1.165, 1.54) is 5.56 Å². The zero-order valence-electron chi connectivity index (χ0n) is 9.66. The minimum Gasteiger partial charge on any atom is -0.399 e. The van der Waals surface area contributed by atoms with Crippen molar-refractivity contribution in [2.75, 3.05) is 18.8 Å². The summed E-state index contributed by atoms with van der Waals surface area (Å²) in [4.78, 5) is 2.32. The van der Waals surface area contributed by atoms with Gasteiger partial charge in [-0.2, -0.15) is 0 Å². The van der Waals surface area contributed by atoms with Crippen LogP contribution in [0.5, 0.6) is 0 Å². The molecule has 2 nitrogen and oxygen atoms in total. The SMILES string of the molecule is C=CCN(CC)Cc1ccc(C)c(N)c1. The summed E-state index contributed by atoms with van der Waals surface area (Å²) in [7, 11) is 0. The second kappa shape index (κ2) is 5.56. The van der Waals surface area contributed by atoms with Crippen molar-refractivity contribution in [1.29, 1.82) is 0 Å². The normalized spacial score (nSPS) is 10.6. The van der Waals surface area contributed by atoms with Gasteiger partial charge in [0.15, 0.2) is 0 Å². The van der Waals surface area contributed by atoms with Crippen molar-refractivity contribution < 1.29 is 0 Å². The average Bonchev–Trinajstić information content (AvgIpc) is 2.23. The molecule has 0 aliphatic heterocycles. The third-order valence-electron chi connectivity index (χ3n) is 2.58. The Morgan fingerprint density at radius 3 is 2.73 bits per heavy atom. The number of hydrogen-bond donors (Lipinski definition) is 1. The minimum absolute atomic E-state index is 0.877. The van der Waals surface area contributed by atoms with Crippen LogP contribution in [0.3, 0.4) is 0 Å². The van der Waals surface area contributed by atoms with Crippen molar-refractivity contribution in [2.24, 2.45) is 0 Å². The van der Waals surface area contributed by atoms with Crippen molar-refractivity contribution in [2.45, 2.75) is 20.4 Å². The number of benzene rings is 1. The molecule has 0 aromatic heterocycles. The largest absolute Gasteiger partial charge is 0.399 e. The lowest BCUT2D eigenvalue weighted by atomic mass is 10.1. The van der Waals surface area contributed by atoms with E-state index in [9.17, 15) is 0 Å². The van der Waals surface area contributed by atoms with E-state index in [0.29, 0.717) is 0 Å². The first-order chi connectivity index (χ1) is 7.17. The highest BCUT2D eigenvalue weighted by atomic mass is 15.1. The molecule has 0 spiro atoms. The molecule has 2 heteroatoms. The first-order valence-corrected chi connectivity index (χ1v) is 5.35. The minimum atomic E-state index is 0.877. The summed E-state index contributed by atoms with van der Waals surface area (Å²) in [5, 5.41) is 0. The molecular weight excluding hydrogens is 184 g/mol. The van der Waals surface area contributed by atoms with Crippen LogP contribution in [0.4, 0.5) is 5.69 Å². The average molecular weight is 204 g/mol. The first-order valence-electron chi connectivity index (χ1n) is 5.35. The molecule has 0 unspecified atom stereocenters. The molecule has 2 N–H and O–H groups in total. The van der Waals surface area contributed by atoms with E-state index < -0.39 is 0 Å². The Morgan fingerprint density at radius 1 is 1.47 bits per heavy atom. The molecule has 0 atom stereocenters. The van der Waals surface area contributed by atoms with Gasteiger partial charge in [-0.1, -0.05) is 25.1 Å². The van der Waals surface area contributed by atoms with Crippen LogP contribution in [-0.2, 0) is 6.54 Å². The molecule has 0 aliphatic rings. The van der Waals surface area contributed by atoms with E-state index >= 15 is 0 Å². The summed E-state index contributed by atoms with van der Waals surface area (Å²) in [6.45, 7) is 10.8. The quantitative estimate of drug-likeness (QED) is 0.590. The van der Waals surface area contributed by atoms with E-state index in [1.54, 1.807) is 0 Å². The fourth-order valence-corrected chi connectivity index (χ4v) is 1.53. The van der Waals surface area contributed by atoms with Crippen LogP contribution in [0.2, 0.25) is 0 Å². The smallest absolute Gasteiger partial charge is 0.0346 e. The summed E-state index contributed by atoms with van der Waals surface area (Å²) in [5.41, 5.74) is 9.16. The van der Waals surface area contributed by atoms with E-state index in [0.717, 1.165) is 30.9 Å². The van der Waals surface area contributed by atoms with Crippen LogP contribution in [0, 0.1) is 6.92 Å². The predicted octanol–water partition coefficient (Wildman–Crippen LogP) is 2.59. The molecule has 82 valence electrons. The maximum Gasteiger partial charge on any atom is 0.0346 e. The van der Waals surface area contributed by atoms with E-state index in [1.807, 2.05) is 13.0 Å². The molecule has 1 aromatic carbocycles. The van der Waals surface area contributed by atoms with Crippen molar-refractivity contribution in [3.63, 3.8) is 0 Å². The molecular formula is C13H20N2. The van der Waals surface area contributed by atoms with Crippen molar-refractivity contribution in [1.82, 2.24) is 4.90 Å². The van der Waals surface area contributed by atoms with E-state index in [2.05, 4.69) is 36.6 Å². The number of aryl methyl sites for hydroxylation is 1. The van der Waals surface area contributed by atoms with Gasteiger partial charge in [0.05, 0.1) is 0 Å². The highest BCUT2D eigenvalue weighted by Crippen LogP contribution is 2.14. The van der Waals surface area contributed by atoms with E-state index in [-0.39, 0.29) is 0 Å². The number of rotatable bonds is 5. The number of likely N-dealkylation sites (N-methyl/N-ethyl adjacent to an activating group) is 1. The number of nitrogens with two attached hydrogens (primary N) is 1. The summed E-state index contributed by atoms with van der Waals surface area (Å²) >= 11 is 0. The molecule has 1 aromatic rings. The van der Waals surface area contributed by atoms with Crippen molar-refractivity contribution in [3.05, 3.63) is 42.0 Å². The Kier molecular flexibility index (Phi) is 4.37. The Balaban J connectivity index is 2.70. The van der Waals surface area contributed by atoms with Crippen LogP contribution in [0.15, 0.2) is 30.9 Å². The van der Waals surface area contributed by atoms with Gasteiger partial charge in [-0.05, 0) is 30.7 Å². The van der Waals surface area contributed by atoms with Crippen LogP contribution >= 0.6 is 0 Å². The standard InChI is InChI=1S/C13H20N2/c1-4-8-15(5-2)10-12-7-6-11(3)13(14)9-12/h4,6-7,9H,1,5,8,10,14H2,2-3H3. The number of nitrogens with zero attached hydrogens (tertiary/aromatic N) is 1. The predicted molar refractivity (Wildman–Crippen MR) is 66.7 cm³/mol. The lowest BCUT2D eigenvalue weighted by Gasteiger charge is -2.18. The van der Waals surface area contributed by atoms with Gasteiger partial charge in [-0.25, -0.2) is 0 Å². The molecule has 0 fully saturated rings. The summed E-state index contributed by atoms with van der Waals surface area (Å²) < 4.78 is 0. The molecule has 0 heterocycles. The number of nitrogen functional groups attached to an aromatic ring is 1. The van der Waals surface area contributed by atoms with E-state index in [4.69, 9.17) is 5.73 Å². The number of hydrogen-bond acceptors (Lipinski definition) is 2. The van der Waals surface area contributed by atoms with Gasteiger partial charge in [0, 0.05) is 18.8 Å². The summed E-state index contributed by atoms with van der Waals surface area (Å²) in [6.07, 6.45) is 1.93. The highest BCUT2D eigenvalue weighted by Gasteiger charge is 2.02. The molecule has 1 rings (SSSR count). The van der Waals surface area contributed by atoms with Crippen LogP contribution < -0.4 is 5.73 Å². The van der Waals surface area contributed by atoms with Gasteiger partial charge in [0.2, 0.25) is 0 Å². The molecule has 0 aliphatic carbocycles. The van der Waals surface area contributed by atoms with Gasteiger partial charge in [0.1, 0.15) is 0 Å². The fraction of sp³-hybridized carbons (Fsp3) is 0.385. The first kappa shape index (κ1) is 11.8. The lowest BCUT2D eigenvalue weighted by Crippen LogP contribution is -2.22. The Bertz CT molecular complexity index is 331. The van der Waals surface area contributed by atoms with Gasteiger partial charge in [-0.3, -0.25) is 4.90 Å². The molecule has 0 saturated heterocycles. The summed E-state index contributed by atoms with van der Waals surface area (Å²) in [5.74, 6) is 0. The van der Waals surface area contributed by atoms with Crippen molar-refractivity contribution in [3.8, 4) is 0 Å². The lowest BCUT2D eigenvalue weighted by molar-refractivity contribution is 0.311. The number of anilines is 1. The fourth-order valence-electron chi connectivity index (χ4n) is 1.53. The monoisotopic (exact) mass is 204 g/mol. The van der Waals surface area contributed by atoms with Crippen LogP contribution in [0.1, 0.15) is 18.1 Å². The summed E-state index contributed by atoms with van der Waals surface area (Å²) in [6, 6.07) is 6.27. The molecule has 0 amide bonds. The van der Waals surface area contributed by atoms with Crippen molar-refractivity contribution >= 4 is 5.69 Å².